The Bertz CT molecular complexity index is 2520. The van der Waals surface area contributed by atoms with Gasteiger partial charge in [0, 0.05) is 17.2 Å². The molecule has 0 atom stereocenters. The Morgan fingerprint density at radius 1 is 0.429 bits per heavy atom. The molecule has 2 aliphatic rings. The van der Waals surface area contributed by atoms with Crippen LogP contribution in [0.4, 0.5) is 0 Å². The summed E-state index contributed by atoms with van der Waals surface area (Å²) in [4.78, 5) is 4.89. The molecule has 49 heavy (non-hydrogen) atoms. The lowest BCUT2D eigenvalue weighted by Gasteiger charge is -2.29. The minimum Gasteiger partial charge on any atom is -0.256 e. The highest BCUT2D eigenvalue weighted by molar-refractivity contribution is 6.28. The van der Waals surface area contributed by atoms with Gasteiger partial charge in [-0.3, -0.25) is 4.98 Å². The van der Waals surface area contributed by atoms with Crippen molar-refractivity contribution in [2.24, 2.45) is 0 Å². The number of hydrogen-bond donors (Lipinski definition) is 0. The van der Waals surface area contributed by atoms with Gasteiger partial charge in [0.2, 0.25) is 0 Å². The van der Waals surface area contributed by atoms with Crippen LogP contribution in [0, 0.1) is 0 Å². The van der Waals surface area contributed by atoms with E-state index in [-0.39, 0.29) is 5.41 Å². The van der Waals surface area contributed by atoms with Crippen LogP contribution in [-0.4, -0.2) is 4.98 Å². The summed E-state index contributed by atoms with van der Waals surface area (Å²) in [5.74, 6) is 0. The normalized spacial score (nSPS) is 13.4. The monoisotopic (exact) mass is 625 g/mol. The molecule has 2 aliphatic carbocycles. The van der Waals surface area contributed by atoms with Crippen molar-refractivity contribution in [3.63, 3.8) is 0 Å². The summed E-state index contributed by atoms with van der Waals surface area (Å²) in [7, 11) is 0. The molecule has 0 saturated carbocycles. The van der Waals surface area contributed by atoms with Crippen molar-refractivity contribution >= 4 is 21.5 Å². The van der Waals surface area contributed by atoms with Crippen LogP contribution in [0.25, 0.3) is 88.4 Å². The predicted octanol–water partition coefficient (Wildman–Crippen LogP) is 13.1. The van der Waals surface area contributed by atoms with Gasteiger partial charge in [0.15, 0.2) is 0 Å². The van der Waals surface area contributed by atoms with Crippen molar-refractivity contribution in [1.82, 2.24) is 4.98 Å². The molecule has 0 unspecified atom stereocenters. The molecule has 232 valence electrons. The molecule has 0 spiro atoms. The predicted molar refractivity (Wildman–Crippen MR) is 207 cm³/mol. The summed E-state index contributed by atoms with van der Waals surface area (Å²) in [6, 6.07) is 54.2. The molecule has 1 heterocycles. The fourth-order valence-corrected chi connectivity index (χ4v) is 9.34. The third-order valence-electron chi connectivity index (χ3n) is 11.6. The summed E-state index contributed by atoms with van der Waals surface area (Å²) in [5, 5.41) is 5.24. The van der Waals surface area contributed by atoms with Gasteiger partial charge in [0.1, 0.15) is 0 Å². The zero-order chi connectivity index (χ0) is 32.7. The van der Waals surface area contributed by atoms with E-state index in [1.54, 1.807) is 0 Å². The number of benzene rings is 7. The van der Waals surface area contributed by atoms with Crippen molar-refractivity contribution in [3.8, 4) is 66.9 Å². The average molecular weight is 626 g/mol. The molecule has 0 aliphatic heterocycles. The second kappa shape index (κ2) is 10.6. The van der Waals surface area contributed by atoms with Crippen molar-refractivity contribution in [2.75, 3.05) is 0 Å². The van der Waals surface area contributed by atoms with Crippen LogP contribution in [0.1, 0.15) is 37.8 Å². The first-order valence-electron chi connectivity index (χ1n) is 17.6. The Balaban J connectivity index is 1.28. The molecular formula is C48H35N. The molecule has 0 amide bonds. The average Bonchev–Trinajstić information content (AvgIpc) is 3.65. The van der Waals surface area contributed by atoms with E-state index in [0.717, 1.165) is 18.5 Å². The maximum Gasteiger partial charge on any atom is 0.0746 e. The fraction of sp³-hybridized carbons (Fsp3) is 0.104. The maximum absolute atomic E-state index is 4.89. The van der Waals surface area contributed by atoms with Crippen molar-refractivity contribution < 1.29 is 0 Å². The van der Waals surface area contributed by atoms with Gasteiger partial charge in [0.25, 0.3) is 0 Å². The molecule has 1 aromatic heterocycles. The van der Waals surface area contributed by atoms with Crippen molar-refractivity contribution in [3.05, 3.63) is 163 Å². The molecule has 0 fully saturated rings. The number of fused-ring (bicyclic) bond motifs is 7. The number of hydrogen-bond acceptors (Lipinski definition) is 1. The Hall–Kier alpha value is -5.79. The zero-order valence-electron chi connectivity index (χ0n) is 27.8. The summed E-state index contributed by atoms with van der Waals surface area (Å²) in [6.07, 6.45) is 4.04. The van der Waals surface area contributed by atoms with E-state index >= 15 is 0 Å². The van der Waals surface area contributed by atoms with Crippen LogP contribution < -0.4 is 0 Å². The maximum atomic E-state index is 4.89. The lowest BCUT2D eigenvalue weighted by atomic mass is 9.73. The number of rotatable bonds is 5. The summed E-state index contributed by atoms with van der Waals surface area (Å²) in [6.45, 7) is 4.66. The number of nitrogens with zero attached hydrogens (tertiary/aromatic N) is 1. The topological polar surface area (TPSA) is 12.9 Å². The molecule has 0 saturated heterocycles. The second-order valence-electron chi connectivity index (χ2n) is 13.6. The number of aromatic nitrogens is 1. The van der Waals surface area contributed by atoms with Crippen molar-refractivity contribution in [1.29, 1.82) is 0 Å². The van der Waals surface area contributed by atoms with Gasteiger partial charge in [0.05, 0.1) is 5.69 Å². The first-order valence-corrected chi connectivity index (χ1v) is 17.6. The molecular weight excluding hydrogens is 591 g/mol. The van der Waals surface area contributed by atoms with Crippen LogP contribution in [0.5, 0.6) is 0 Å². The third kappa shape index (κ3) is 3.79. The molecule has 0 bridgehead atoms. The van der Waals surface area contributed by atoms with Gasteiger partial charge < -0.3 is 0 Å². The SMILES string of the molecule is CCC1(CC)c2cc(-c3ccc4c5c(cccc35)-c3c-4c(-c4ccccc4)c4ccccc4c3-c3ccccc3)ccc2-c2ncccc21. The van der Waals surface area contributed by atoms with Crippen molar-refractivity contribution in [2.45, 2.75) is 32.1 Å². The van der Waals surface area contributed by atoms with Gasteiger partial charge in [-0.05, 0) is 113 Å². The molecule has 0 N–H and O–H groups in total. The van der Waals surface area contributed by atoms with Crippen LogP contribution in [0.15, 0.2) is 152 Å². The Morgan fingerprint density at radius 3 is 1.65 bits per heavy atom. The molecule has 8 aromatic rings. The van der Waals surface area contributed by atoms with E-state index in [1.165, 1.54) is 93.9 Å². The highest BCUT2D eigenvalue weighted by Crippen LogP contribution is 2.59. The van der Waals surface area contributed by atoms with E-state index in [0.29, 0.717) is 0 Å². The van der Waals surface area contributed by atoms with Gasteiger partial charge in [-0.15, -0.1) is 0 Å². The standard InChI is InChI=1S/C48H35N/c1-3-48(4-2)40-23-14-28-49-47(40)37-25-24-32(29-41(37)48)33-26-27-39-44-34(33)21-13-22-38(44)45-42(30-15-7-5-8-16-30)35-19-11-12-20-36(35)43(46(39)45)31-17-9-6-10-18-31/h5-29H,3-4H2,1-2H3. The quantitative estimate of drug-likeness (QED) is 0.185. The molecule has 7 aromatic carbocycles. The summed E-state index contributed by atoms with van der Waals surface area (Å²) in [5.41, 5.74) is 18.2. The lowest BCUT2D eigenvalue weighted by molar-refractivity contribution is 0.490. The van der Waals surface area contributed by atoms with Gasteiger partial charge in [-0.25, -0.2) is 0 Å². The van der Waals surface area contributed by atoms with E-state index < -0.39 is 0 Å². The Kier molecular flexibility index (Phi) is 6.11. The van der Waals surface area contributed by atoms with Crippen LogP contribution >= 0.6 is 0 Å². The Morgan fingerprint density at radius 2 is 1.00 bits per heavy atom. The zero-order valence-corrected chi connectivity index (χ0v) is 27.8. The molecule has 0 radical (unpaired) electrons. The van der Waals surface area contributed by atoms with Crippen LogP contribution in [0.3, 0.4) is 0 Å². The van der Waals surface area contributed by atoms with Gasteiger partial charge in [-0.2, -0.15) is 0 Å². The minimum absolute atomic E-state index is 0.0185. The molecule has 1 nitrogen and oxygen atoms in total. The van der Waals surface area contributed by atoms with Gasteiger partial charge in [-0.1, -0.05) is 147 Å². The highest BCUT2D eigenvalue weighted by atomic mass is 14.7. The minimum atomic E-state index is -0.0185. The third-order valence-corrected chi connectivity index (χ3v) is 11.6. The van der Waals surface area contributed by atoms with Crippen LogP contribution in [0.2, 0.25) is 0 Å². The van der Waals surface area contributed by atoms with Crippen LogP contribution in [-0.2, 0) is 5.41 Å². The lowest BCUT2D eigenvalue weighted by Crippen LogP contribution is -2.23. The largest absolute Gasteiger partial charge is 0.256 e. The highest BCUT2D eigenvalue weighted by Gasteiger charge is 2.41. The van der Waals surface area contributed by atoms with E-state index in [4.69, 9.17) is 4.98 Å². The summed E-state index contributed by atoms with van der Waals surface area (Å²) < 4.78 is 0. The Labute approximate surface area is 287 Å². The first kappa shape index (κ1) is 28.2. The van der Waals surface area contributed by atoms with E-state index in [9.17, 15) is 0 Å². The van der Waals surface area contributed by atoms with E-state index in [1.807, 2.05) is 6.20 Å². The first-order chi connectivity index (χ1) is 24.2. The second-order valence-corrected chi connectivity index (χ2v) is 13.6. The fourth-order valence-electron chi connectivity index (χ4n) is 9.34. The van der Waals surface area contributed by atoms with Gasteiger partial charge >= 0.3 is 0 Å². The van der Waals surface area contributed by atoms with E-state index in [2.05, 4.69) is 159 Å². The summed E-state index contributed by atoms with van der Waals surface area (Å²) >= 11 is 0. The number of pyridine rings is 1. The smallest absolute Gasteiger partial charge is 0.0746 e. The molecule has 1 heteroatoms. The molecule has 10 rings (SSSR count).